The molecular formula is C33H26O4. The Balaban J connectivity index is 1.66. The summed E-state index contributed by atoms with van der Waals surface area (Å²) in [5.74, 6) is -0.0682. The fourth-order valence-corrected chi connectivity index (χ4v) is 5.58. The van der Waals surface area contributed by atoms with Crippen LogP contribution in [0.15, 0.2) is 78.9 Å². The Hall–Kier alpha value is -4.70. The summed E-state index contributed by atoms with van der Waals surface area (Å²) in [6, 6.07) is 24.7. The van der Waals surface area contributed by atoms with Crippen molar-refractivity contribution in [3.8, 4) is 45.3 Å². The summed E-state index contributed by atoms with van der Waals surface area (Å²) < 4.78 is 0. The van der Waals surface area contributed by atoms with Crippen molar-refractivity contribution in [2.75, 3.05) is 0 Å². The molecule has 0 atom stereocenters. The van der Waals surface area contributed by atoms with Crippen molar-refractivity contribution in [1.29, 1.82) is 0 Å². The van der Waals surface area contributed by atoms with E-state index in [0.717, 1.165) is 60.1 Å². The molecule has 0 aromatic heterocycles. The molecule has 6 aromatic carbocycles. The van der Waals surface area contributed by atoms with E-state index in [4.69, 9.17) is 0 Å². The number of rotatable bonds is 2. The van der Waals surface area contributed by atoms with Gasteiger partial charge in [0.2, 0.25) is 0 Å². The Kier molecular flexibility index (Phi) is 5.02. The van der Waals surface area contributed by atoms with E-state index in [9.17, 15) is 20.4 Å². The van der Waals surface area contributed by atoms with Gasteiger partial charge in [0.1, 0.15) is 11.5 Å². The molecule has 6 rings (SSSR count). The highest BCUT2D eigenvalue weighted by Gasteiger charge is 2.20. The van der Waals surface area contributed by atoms with Crippen LogP contribution < -0.4 is 0 Å². The number of aryl methyl sites for hydroxylation is 3. The van der Waals surface area contributed by atoms with Crippen molar-refractivity contribution in [2.45, 2.75) is 20.8 Å². The average Bonchev–Trinajstić information content (AvgIpc) is 2.87. The van der Waals surface area contributed by atoms with Gasteiger partial charge >= 0.3 is 0 Å². The summed E-state index contributed by atoms with van der Waals surface area (Å²) in [6.45, 7) is 5.90. The first-order valence-electron chi connectivity index (χ1n) is 12.2. The Morgan fingerprint density at radius 1 is 0.405 bits per heavy atom. The summed E-state index contributed by atoms with van der Waals surface area (Å²) in [6.07, 6.45) is 0. The molecule has 6 aromatic rings. The van der Waals surface area contributed by atoms with Gasteiger partial charge in [-0.1, -0.05) is 48.5 Å². The molecule has 4 N–H and O–H groups in total. The van der Waals surface area contributed by atoms with Gasteiger partial charge in [-0.2, -0.15) is 0 Å². The molecule has 182 valence electrons. The van der Waals surface area contributed by atoms with E-state index in [1.807, 2.05) is 69.3 Å². The second-order valence-corrected chi connectivity index (χ2v) is 9.80. The molecule has 0 fully saturated rings. The first kappa shape index (κ1) is 22.7. The van der Waals surface area contributed by atoms with Crippen LogP contribution in [-0.2, 0) is 0 Å². The summed E-state index contributed by atoms with van der Waals surface area (Å²) in [5.41, 5.74) is 5.95. The third kappa shape index (κ3) is 3.45. The molecule has 4 nitrogen and oxygen atoms in total. The van der Waals surface area contributed by atoms with Crippen LogP contribution in [0.4, 0.5) is 0 Å². The molecule has 0 unspecified atom stereocenters. The molecular weight excluding hydrogens is 460 g/mol. The molecule has 0 saturated heterocycles. The van der Waals surface area contributed by atoms with E-state index < -0.39 is 0 Å². The third-order valence-corrected chi connectivity index (χ3v) is 7.44. The minimum atomic E-state index is -0.162. The average molecular weight is 487 g/mol. The minimum absolute atomic E-state index is 0.114. The monoisotopic (exact) mass is 486 g/mol. The van der Waals surface area contributed by atoms with Gasteiger partial charge in [-0.05, 0) is 111 Å². The van der Waals surface area contributed by atoms with Crippen molar-refractivity contribution < 1.29 is 20.4 Å². The lowest BCUT2D eigenvalue weighted by Crippen LogP contribution is -1.91. The number of benzene rings is 6. The number of fused-ring (bicyclic) bond motifs is 3. The topological polar surface area (TPSA) is 80.9 Å². The van der Waals surface area contributed by atoms with Crippen molar-refractivity contribution in [2.24, 2.45) is 0 Å². The van der Waals surface area contributed by atoms with Gasteiger partial charge in [0.25, 0.3) is 0 Å². The van der Waals surface area contributed by atoms with Crippen molar-refractivity contribution in [1.82, 2.24) is 0 Å². The van der Waals surface area contributed by atoms with Crippen LogP contribution in [0.25, 0.3) is 54.6 Å². The predicted octanol–water partition coefficient (Wildman–Crippen LogP) is 8.23. The van der Waals surface area contributed by atoms with E-state index in [1.165, 1.54) is 0 Å². The summed E-state index contributed by atoms with van der Waals surface area (Å²) in [7, 11) is 0. The van der Waals surface area contributed by atoms with Gasteiger partial charge in [-0.25, -0.2) is 0 Å². The van der Waals surface area contributed by atoms with Gasteiger partial charge in [0.05, 0.1) is 0 Å². The molecule has 0 saturated carbocycles. The van der Waals surface area contributed by atoms with E-state index in [0.29, 0.717) is 11.1 Å². The second kappa shape index (κ2) is 8.17. The molecule has 0 amide bonds. The normalized spacial score (nSPS) is 11.5. The van der Waals surface area contributed by atoms with Crippen molar-refractivity contribution in [3.05, 3.63) is 95.6 Å². The van der Waals surface area contributed by atoms with E-state index in [1.54, 1.807) is 24.3 Å². The Morgan fingerprint density at radius 3 is 1.62 bits per heavy atom. The smallest absolute Gasteiger partial charge is 0.158 e. The van der Waals surface area contributed by atoms with Crippen LogP contribution in [0.5, 0.6) is 23.0 Å². The summed E-state index contributed by atoms with van der Waals surface area (Å²) in [5, 5.41) is 47.9. The van der Waals surface area contributed by atoms with Gasteiger partial charge in [0, 0.05) is 11.1 Å². The number of aromatic hydroxyl groups is 4. The molecule has 0 aliphatic carbocycles. The Bertz CT molecular complexity index is 1900. The number of hydrogen-bond acceptors (Lipinski definition) is 4. The van der Waals surface area contributed by atoms with Gasteiger partial charge in [-0.15, -0.1) is 0 Å². The molecule has 0 spiro atoms. The number of phenolic OH excluding ortho intramolecular Hbond substituents is 4. The van der Waals surface area contributed by atoms with Crippen LogP contribution in [0, 0.1) is 20.8 Å². The van der Waals surface area contributed by atoms with Gasteiger partial charge < -0.3 is 20.4 Å². The number of phenols is 4. The van der Waals surface area contributed by atoms with Crippen LogP contribution in [0.3, 0.4) is 0 Å². The molecule has 0 aliphatic heterocycles. The number of hydrogen-bond donors (Lipinski definition) is 4. The maximum absolute atomic E-state index is 11.1. The molecule has 0 radical (unpaired) electrons. The lowest BCUT2D eigenvalue weighted by molar-refractivity contribution is 0.405. The predicted molar refractivity (Wildman–Crippen MR) is 151 cm³/mol. The van der Waals surface area contributed by atoms with Crippen LogP contribution >= 0.6 is 0 Å². The zero-order chi connectivity index (χ0) is 26.0. The highest BCUT2D eigenvalue weighted by molar-refractivity contribution is 6.12. The highest BCUT2D eigenvalue weighted by atomic mass is 16.3. The lowest BCUT2D eigenvalue weighted by Gasteiger charge is -2.18. The maximum atomic E-state index is 11.1. The Labute approximate surface area is 214 Å². The minimum Gasteiger partial charge on any atom is -0.507 e. The van der Waals surface area contributed by atoms with Crippen LogP contribution in [0.1, 0.15) is 16.7 Å². The molecule has 4 heteroatoms. The quantitative estimate of drug-likeness (QED) is 0.186. The first-order chi connectivity index (χ1) is 17.7. The molecule has 0 heterocycles. The van der Waals surface area contributed by atoms with Gasteiger partial charge in [-0.3, -0.25) is 0 Å². The van der Waals surface area contributed by atoms with Crippen molar-refractivity contribution in [3.63, 3.8) is 0 Å². The second-order valence-electron chi connectivity index (χ2n) is 9.80. The Morgan fingerprint density at radius 2 is 0.946 bits per heavy atom. The van der Waals surface area contributed by atoms with Crippen LogP contribution in [0.2, 0.25) is 0 Å². The van der Waals surface area contributed by atoms with E-state index >= 15 is 0 Å². The molecule has 0 bridgehead atoms. The van der Waals surface area contributed by atoms with Crippen LogP contribution in [-0.4, -0.2) is 20.4 Å². The summed E-state index contributed by atoms with van der Waals surface area (Å²) >= 11 is 0. The fourth-order valence-electron chi connectivity index (χ4n) is 5.58. The highest BCUT2D eigenvalue weighted by Crippen LogP contribution is 2.47. The zero-order valence-electron chi connectivity index (χ0n) is 20.8. The first-order valence-corrected chi connectivity index (χ1v) is 12.2. The SMILES string of the molecule is Cc1ccc(-c2ccc3c(-c4c(O)cc(C)c5ccccc45)c(O)cc(C)c3c2)c2cc(O)c(O)cc12. The molecule has 0 aliphatic rings. The van der Waals surface area contributed by atoms with Crippen molar-refractivity contribution >= 4 is 32.3 Å². The summed E-state index contributed by atoms with van der Waals surface area (Å²) in [4.78, 5) is 0. The van der Waals surface area contributed by atoms with E-state index in [2.05, 4.69) is 6.07 Å². The van der Waals surface area contributed by atoms with Gasteiger partial charge in [0.15, 0.2) is 11.5 Å². The fraction of sp³-hybridized carbons (Fsp3) is 0.0909. The maximum Gasteiger partial charge on any atom is 0.158 e. The molecule has 37 heavy (non-hydrogen) atoms. The standard InChI is InChI=1S/C33H26O4/c1-17-8-10-22(27-16-29(35)28(34)15-26(17)27)20-9-11-24-25(14-20)19(3)13-31(37)33(24)32-23-7-5-4-6-21(23)18(2)12-30(32)36/h4-16,34-37H,1-3H3. The van der Waals surface area contributed by atoms with E-state index in [-0.39, 0.29) is 23.0 Å². The zero-order valence-corrected chi connectivity index (χ0v) is 20.8. The largest absolute Gasteiger partial charge is 0.507 e. The third-order valence-electron chi connectivity index (χ3n) is 7.44. The lowest BCUT2D eigenvalue weighted by atomic mass is 9.87.